The predicted octanol–water partition coefficient (Wildman–Crippen LogP) is 0.0661. The zero-order valence-electron chi connectivity index (χ0n) is 11.2. The Balaban J connectivity index is 2.37. The molecule has 1 unspecified atom stereocenters. The molecular weight excluding hydrogens is 250 g/mol. The summed E-state index contributed by atoms with van der Waals surface area (Å²) in [6.07, 6.45) is 3.83. The van der Waals surface area contributed by atoms with E-state index >= 15 is 0 Å². The van der Waals surface area contributed by atoms with Crippen LogP contribution in [0.5, 0.6) is 0 Å². The van der Waals surface area contributed by atoms with Crippen molar-refractivity contribution >= 4 is 23.6 Å². The Bertz CT molecular complexity index is 278. The Labute approximate surface area is 113 Å². The molecule has 104 valence electrons. The van der Waals surface area contributed by atoms with Crippen molar-refractivity contribution in [1.29, 1.82) is 0 Å². The van der Waals surface area contributed by atoms with Crippen LogP contribution in [0, 0.1) is 0 Å². The summed E-state index contributed by atoms with van der Waals surface area (Å²) >= 11 is 1.74. The zero-order chi connectivity index (χ0) is 13.4. The zero-order valence-corrected chi connectivity index (χ0v) is 12.0. The highest BCUT2D eigenvalue weighted by Gasteiger charge is 2.23. The second-order valence-corrected chi connectivity index (χ2v) is 5.54. The van der Waals surface area contributed by atoms with Gasteiger partial charge in [0.2, 0.25) is 0 Å². The van der Waals surface area contributed by atoms with Gasteiger partial charge in [-0.2, -0.15) is 11.8 Å². The first-order valence-corrected chi connectivity index (χ1v) is 7.84. The summed E-state index contributed by atoms with van der Waals surface area (Å²) in [5, 5.41) is 5.98. The highest BCUT2D eigenvalue weighted by molar-refractivity contribution is 7.98. The summed E-state index contributed by atoms with van der Waals surface area (Å²) in [5.74, 6) is 0.128. The van der Waals surface area contributed by atoms with Crippen molar-refractivity contribution in [2.75, 3.05) is 38.2 Å². The summed E-state index contributed by atoms with van der Waals surface area (Å²) in [5.41, 5.74) is 0. The van der Waals surface area contributed by atoms with E-state index in [1.54, 1.807) is 16.7 Å². The molecule has 1 saturated heterocycles. The molecule has 5 nitrogen and oxygen atoms in total. The van der Waals surface area contributed by atoms with Gasteiger partial charge in [0.05, 0.1) is 0 Å². The third-order valence-corrected chi connectivity index (χ3v) is 3.60. The van der Waals surface area contributed by atoms with Crippen LogP contribution in [0.4, 0.5) is 0 Å². The normalized spacial score (nSPS) is 18.0. The van der Waals surface area contributed by atoms with Gasteiger partial charge in [-0.05, 0) is 38.3 Å². The van der Waals surface area contributed by atoms with Crippen LogP contribution in [0.3, 0.4) is 0 Å². The second kappa shape index (κ2) is 8.37. The first-order chi connectivity index (χ1) is 8.65. The lowest BCUT2D eigenvalue weighted by Gasteiger charge is -2.20. The highest BCUT2D eigenvalue weighted by atomic mass is 32.2. The molecular formula is C12H23N3O2S. The maximum absolute atomic E-state index is 11.9. The first kappa shape index (κ1) is 15.3. The smallest absolute Gasteiger partial charge is 0.311 e. The summed E-state index contributed by atoms with van der Waals surface area (Å²) in [4.78, 5) is 25.4. The molecule has 0 bridgehead atoms. The maximum Gasteiger partial charge on any atom is 0.311 e. The molecule has 1 heterocycles. The molecule has 1 rings (SSSR count). The van der Waals surface area contributed by atoms with Crippen LogP contribution in [0.1, 0.15) is 19.8 Å². The van der Waals surface area contributed by atoms with Crippen LogP contribution in [-0.4, -0.2) is 60.9 Å². The third-order valence-electron chi connectivity index (χ3n) is 2.95. The van der Waals surface area contributed by atoms with Crippen molar-refractivity contribution in [2.45, 2.75) is 25.8 Å². The number of thioether (sulfide) groups is 1. The number of hydrogen-bond donors (Lipinski definition) is 2. The molecule has 0 aromatic heterocycles. The van der Waals surface area contributed by atoms with Gasteiger partial charge in [-0.3, -0.25) is 9.59 Å². The van der Waals surface area contributed by atoms with Gasteiger partial charge >= 0.3 is 11.8 Å². The molecule has 0 aliphatic carbocycles. The monoisotopic (exact) mass is 273 g/mol. The van der Waals surface area contributed by atoms with E-state index in [0.29, 0.717) is 13.1 Å². The average Bonchev–Trinajstić information content (AvgIpc) is 2.64. The molecule has 0 aromatic rings. The van der Waals surface area contributed by atoms with Crippen molar-refractivity contribution < 1.29 is 9.59 Å². The molecule has 0 aromatic carbocycles. The van der Waals surface area contributed by atoms with Crippen LogP contribution in [0.15, 0.2) is 0 Å². The predicted molar refractivity (Wildman–Crippen MR) is 74.7 cm³/mol. The Morgan fingerprint density at radius 2 is 2.17 bits per heavy atom. The van der Waals surface area contributed by atoms with E-state index in [-0.39, 0.29) is 6.04 Å². The van der Waals surface area contributed by atoms with Gasteiger partial charge in [0, 0.05) is 25.7 Å². The molecule has 2 N–H and O–H groups in total. The Kier molecular flexibility index (Phi) is 7.12. The van der Waals surface area contributed by atoms with Crippen molar-refractivity contribution in [3.63, 3.8) is 0 Å². The van der Waals surface area contributed by atoms with Crippen molar-refractivity contribution in [3.05, 3.63) is 0 Å². The van der Waals surface area contributed by atoms with E-state index in [0.717, 1.165) is 31.7 Å². The van der Waals surface area contributed by atoms with Crippen molar-refractivity contribution in [3.8, 4) is 0 Å². The highest BCUT2D eigenvalue weighted by Crippen LogP contribution is 2.01. The van der Waals surface area contributed by atoms with Gasteiger partial charge in [0.1, 0.15) is 0 Å². The van der Waals surface area contributed by atoms with E-state index in [9.17, 15) is 9.59 Å². The van der Waals surface area contributed by atoms with Crippen LogP contribution in [-0.2, 0) is 9.59 Å². The lowest BCUT2D eigenvalue weighted by Crippen LogP contribution is -2.46. The van der Waals surface area contributed by atoms with E-state index in [2.05, 4.69) is 10.6 Å². The summed E-state index contributed by atoms with van der Waals surface area (Å²) in [7, 11) is 0. The molecule has 18 heavy (non-hydrogen) atoms. The fourth-order valence-corrected chi connectivity index (χ4v) is 2.43. The molecule has 0 spiro atoms. The molecule has 1 atom stereocenters. The first-order valence-electron chi connectivity index (χ1n) is 6.44. The SMILES string of the molecule is CSCCC(C)NC(=O)C(=O)N1CCCNCC1. The van der Waals surface area contributed by atoms with Crippen molar-refractivity contribution in [2.24, 2.45) is 0 Å². The lowest BCUT2D eigenvalue weighted by atomic mass is 10.2. The van der Waals surface area contributed by atoms with Crippen LogP contribution in [0.25, 0.3) is 0 Å². The van der Waals surface area contributed by atoms with Gasteiger partial charge in [-0.1, -0.05) is 0 Å². The average molecular weight is 273 g/mol. The van der Waals surface area contributed by atoms with Gasteiger partial charge in [0.25, 0.3) is 0 Å². The number of nitrogens with zero attached hydrogens (tertiary/aromatic N) is 1. The minimum Gasteiger partial charge on any atom is -0.345 e. The maximum atomic E-state index is 11.9. The largest absolute Gasteiger partial charge is 0.345 e. The van der Waals surface area contributed by atoms with Crippen LogP contribution < -0.4 is 10.6 Å². The van der Waals surface area contributed by atoms with E-state index in [4.69, 9.17) is 0 Å². The Morgan fingerprint density at radius 3 is 2.89 bits per heavy atom. The quantitative estimate of drug-likeness (QED) is 0.712. The van der Waals surface area contributed by atoms with Gasteiger partial charge in [-0.25, -0.2) is 0 Å². The summed E-state index contributed by atoms with van der Waals surface area (Å²) in [6, 6.07) is 0.0546. The van der Waals surface area contributed by atoms with Crippen molar-refractivity contribution in [1.82, 2.24) is 15.5 Å². The summed E-state index contributed by atoms with van der Waals surface area (Å²) < 4.78 is 0. The van der Waals surface area contributed by atoms with E-state index in [1.165, 1.54) is 0 Å². The second-order valence-electron chi connectivity index (χ2n) is 4.55. The lowest BCUT2D eigenvalue weighted by molar-refractivity contribution is -0.146. The van der Waals surface area contributed by atoms with E-state index in [1.807, 2.05) is 13.2 Å². The number of nitrogens with one attached hydrogen (secondary N) is 2. The number of carbonyl (C=O) groups is 2. The molecule has 0 radical (unpaired) electrons. The van der Waals surface area contributed by atoms with Gasteiger partial charge in [-0.15, -0.1) is 0 Å². The molecule has 0 saturated carbocycles. The fraction of sp³-hybridized carbons (Fsp3) is 0.833. The molecule has 2 amide bonds. The van der Waals surface area contributed by atoms with Crippen LogP contribution >= 0.6 is 11.8 Å². The summed E-state index contributed by atoms with van der Waals surface area (Å²) in [6.45, 7) is 4.89. The molecule has 1 aliphatic heterocycles. The number of hydrogen-bond acceptors (Lipinski definition) is 4. The van der Waals surface area contributed by atoms with Crippen LogP contribution in [0.2, 0.25) is 0 Å². The standard InChI is InChI=1S/C12H23N3O2S/c1-10(4-9-18-2)14-11(16)12(17)15-7-3-5-13-6-8-15/h10,13H,3-9H2,1-2H3,(H,14,16). The number of rotatable bonds is 4. The Hall–Kier alpha value is -0.750. The van der Waals surface area contributed by atoms with Gasteiger partial charge in [0.15, 0.2) is 0 Å². The molecule has 1 aliphatic rings. The molecule has 1 fully saturated rings. The topological polar surface area (TPSA) is 61.4 Å². The minimum absolute atomic E-state index is 0.0546. The molecule has 6 heteroatoms. The van der Waals surface area contributed by atoms with E-state index < -0.39 is 11.8 Å². The van der Waals surface area contributed by atoms with Gasteiger partial charge < -0.3 is 15.5 Å². The third kappa shape index (κ3) is 5.27. The fourth-order valence-electron chi connectivity index (χ4n) is 1.84. The Morgan fingerprint density at radius 1 is 1.39 bits per heavy atom. The number of carbonyl (C=O) groups excluding carboxylic acids is 2. The number of amides is 2. The minimum atomic E-state index is -0.467.